The highest BCUT2D eigenvalue weighted by atomic mass is 19.1. The lowest BCUT2D eigenvalue weighted by Gasteiger charge is -2.08. The van der Waals surface area contributed by atoms with Gasteiger partial charge in [-0.05, 0) is 6.07 Å². The van der Waals surface area contributed by atoms with E-state index in [1.807, 2.05) is 13.2 Å². The molecule has 2 aromatic rings. The molecule has 0 aliphatic carbocycles. The lowest BCUT2D eigenvalue weighted by Crippen LogP contribution is -2.02. The zero-order valence-electron chi connectivity index (χ0n) is 9.77. The minimum absolute atomic E-state index is 0.260. The monoisotopic (exact) mass is 235 g/mol. The molecule has 4 nitrogen and oxygen atoms in total. The molecule has 0 atom stereocenters. The number of anilines is 1. The minimum atomic E-state index is -0.327. The van der Waals surface area contributed by atoms with Crippen LogP contribution in [0.3, 0.4) is 0 Å². The van der Waals surface area contributed by atoms with Crippen molar-refractivity contribution in [1.82, 2.24) is 9.78 Å². The summed E-state index contributed by atoms with van der Waals surface area (Å²) in [7, 11) is 3.29. The number of benzene rings is 1. The van der Waals surface area contributed by atoms with E-state index in [0.29, 0.717) is 12.1 Å². The maximum Gasteiger partial charge on any atom is 0.170 e. The Bertz CT molecular complexity index is 510. The molecule has 0 amide bonds. The third-order valence-corrected chi connectivity index (χ3v) is 2.45. The Morgan fingerprint density at radius 2 is 2.29 bits per heavy atom. The highest BCUT2D eigenvalue weighted by Crippen LogP contribution is 2.20. The van der Waals surface area contributed by atoms with Gasteiger partial charge in [0.25, 0.3) is 0 Å². The molecule has 1 aromatic heterocycles. The molecule has 0 fully saturated rings. The Morgan fingerprint density at radius 3 is 2.94 bits per heavy atom. The van der Waals surface area contributed by atoms with Crippen LogP contribution in [0.5, 0.6) is 5.75 Å². The van der Waals surface area contributed by atoms with E-state index in [0.717, 1.165) is 5.69 Å². The second-order valence-electron chi connectivity index (χ2n) is 3.69. The highest BCUT2D eigenvalue weighted by Gasteiger charge is 2.07. The summed E-state index contributed by atoms with van der Waals surface area (Å²) in [6, 6.07) is 5.09. The fourth-order valence-corrected chi connectivity index (χ4v) is 1.56. The van der Waals surface area contributed by atoms with Gasteiger partial charge < -0.3 is 10.1 Å². The standard InChI is InChI=1S/C12H14FN3O/c1-16-8-10(7-15-16)14-6-9-4-3-5-11(17-2)12(9)13/h3-5,7-8,14H,6H2,1-2H3. The van der Waals surface area contributed by atoms with Crippen LogP contribution in [-0.2, 0) is 13.6 Å². The van der Waals surface area contributed by atoms with Crippen molar-refractivity contribution in [2.45, 2.75) is 6.54 Å². The average molecular weight is 235 g/mol. The predicted octanol–water partition coefficient (Wildman–Crippen LogP) is 2.18. The molecule has 17 heavy (non-hydrogen) atoms. The van der Waals surface area contributed by atoms with Gasteiger partial charge in [0, 0.05) is 25.4 Å². The van der Waals surface area contributed by atoms with E-state index in [1.165, 1.54) is 7.11 Å². The molecule has 0 aliphatic rings. The maximum absolute atomic E-state index is 13.8. The molecule has 0 aliphatic heterocycles. The lowest BCUT2D eigenvalue weighted by atomic mass is 10.2. The third kappa shape index (κ3) is 2.55. The normalized spacial score (nSPS) is 10.3. The van der Waals surface area contributed by atoms with Gasteiger partial charge in [0.05, 0.1) is 19.0 Å². The van der Waals surface area contributed by atoms with E-state index in [2.05, 4.69) is 10.4 Å². The van der Waals surface area contributed by atoms with Gasteiger partial charge in [0.1, 0.15) is 0 Å². The number of hydrogen-bond acceptors (Lipinski definition) is 3. The molecule has 0 unspecified atom stereocenters. The summed E-state index contributed by atoms with van der Waals surface area (Å²) < 4.78 is 20.4. The quantitative estimate of drug-likeness (QED) is 0.882. The summed E-state index contributed by atoms with van der Waals surface area (Å²) in [6.07, 6.45) is 3.52. The van der Waals surface area contributed by atoms with Crippen LogP contribution in [0.1, 0.15) is 5.56 Å². The van der Waals surface area contributed by atoms with Crippen molar-refractivity contribution < 1.29 is 9.13 Å². The number of halogens is 1. The average Bonchev–Trinajstić information content (AvgIpc) is 2.74. The molecular weight excluding hydrogens is 221 g/mol. The number of ether oxygens (including phenoxy) is 1. The van der Waals surface area contributed by atoms with Crippen molar-refractivity contribution in [2.24, 2.45) is 7.05 Å². The van der Waals surface area contributed by atoms with Crippen molar-refractivity contribution in [3.8, 4) is 5.75 Å². The maximum atomic E-state index is 13.8. The molecule has 5 heteroatoms. The largest absolute Gasteiger partial charge is 0.494 e. The van der Waals surface area contributed by atoms with E-state index in [4.69, 9.17) is 4.74 Å². The number of nitrogens with one attached hydrogen (secondary N) is 1. The van der Waals surface area contributed by atoms with Crippen molar-refractivity contribution in [3.05, 3.63) is 42.0 Å². The predicted molar refractivity (Wildman–Crippen MR) is 63.5 cm³/mol. The van der Waals surface area contributed by atoms with Crippen molar-refractivity contribution in [1.29, 1.82) is 0 Å². The van der Waals surface area contributed by atoms with Crippen LogP contribution in [0.15, 0.2) is 30.6 Å². The van der Waals surface area contributed by atoms with Crippen LogP contribution in [0.4, 0.5) is 10.1 Å². The number of nitrogens with zero attached hydrogens (tertiary/aromatic N) is 2. The van der Waals surface area contributed by atoms with E-state index in [-0.39, 0.29) is 11.6 Å². The number of aryl methyl sites for hydroxylation is 1. The first-order valence-electron chi connectivity index (χ1n) is 5.24. The smallest absolute Gasteiger partial charge is 0.170 e. The highest BCUT2D eigenvalue weighted by molar-refractivity contribution is 5.40. The fourth-order valence-electron chi connectivity index (χ4n) is 1.56. The van der Waals surface area contributed by atoms with Gasteiger partial charge in [0.2, 0.25) is 0 Å². The SMILES string of the molecule is COc1cccc(CNc2cnn(C)c2)c1F. The second kappa shape index (κ2) is 4.86. The van der Waals surface area contributed by atoms with Crippen LogP contribution in [0.25, 0.3) is 0 Å². The van der Waals surface area contributed by atoms with Crippen LogP contribution >= 0.6 is 0 Å². The van der Waals surface area contributed by atoms with Crippen LogP contribution < -0.4 is 10.1 Å². The molecular formula is C12H14FN3O. The Balaban J connectivity index is 2.09. The molecule has 1 heterocycles. The lowest BCUT2D eigenvalue weighted by molar-refractivity contribution is 0.384. The third-order valence-electron chi connectivity index (χ3n) is 2.45. The Kier molecular flexibility index (Phi) is 3.27. The number of rotatable bonds is 4. The van der Waals surface area contributed by atoms with Gasteiger partial charge in [-0.15, -0.1) is 0 Å². The molecule has 0 saturated carbocycles. The Labute approximate surface area is 99.0 Å². The summed E-state index contributed by atoms with van der Waals surface area (Å²) in [5.41, 5.74) is 1.42. The van der Waals surface area contributed by atoms with Gasteiger partial charge in [-0.2, -0.15) is 5.10 Å². The molecule has 0 saturated heterocycles. The summed E-state index contributed by atoms with van der Waals surface area (Å²) >= 11 is 0. The summed E-state index contributed by atoms with van der Waals surface area (Å²) in [5, 5.41) is 7.12. The summed E-state index contributed by atoms with van der Waals surface area (Å²) in [6.45, 7) is 0.398. The molecule has 0 spiro atoms. The topological polar surface area (TPSA) is 39.1 Å². The number of aromatic nitrogens is 2. The van der Waals surface area contributed by atoms with Crippen molar-refractivity contribution >= 4 is 5.69 Å². The van der Waals surface area contributed by atoms with Crippen molar-refractivity contribution in [2.75, 3.05) is 12.4 Å². The van der Waals surface area contributed by atoms with Gasteiger partial charge in [-0.25, -0.2) is 4.39 Å². The van der Waals surface area contributed by atoms with E-state index in [1.54, 1.807) is 29.1 Å². The minimum Gasteiger partial charge on any atom is -0.494 e. The van der Waals surface area contributed by atoms with Crippen LogP contribution in [0.2, 0.25) is 0 Å². The van der Waals surface area contributed by atoms with E-state index < -0.39 is 0 Å². The number of hydrogen-bond donors (Lipinski definition) is 1. The van der Waals surface area contributed by atoms with E-state index >= 15 is 0 Å². The first-order chi connectivity index (χ1) is 8.20. The zero-order valence-corrected chi connectivity index (χ0v) is 9.77. The second-order valence-corrected chi connectivity index (χ2v) is 3.69. The fraction of sp³-hybridized carbons (Fsp3) is 0.250. The first kappa shape index (κ1) is 11.4. The van der Waals surface area contributed by atoms with Gasteiger partial charge in [-0.1, -0.05) is 12.1 Å². The first-order valence-corrected chi connectivity index (χ1v) is 5.24. The van der Waals surface area contributed by atoms with Crippen molar-refractivity contribution in [3.63, 3.8) is 0 Å². The van der Waals surface area contributed by atoms with Gasteiger partial charge in [0.15, 0.2) is 11.6 Å². The summed E-state index contributed by atoms with van der Waals surface area (Å²) in [5.74, 6) is -0.0677. The zero-order chi connectivity index (χ0) is 12.3. The molecule has 1 N–H and O–H groups in total. The molecule has 0 bridgehead atoms. The van der Waals surface area contributed by atoms with Gasteiger partial charge in [-0.3, -0.25) is 4.68 Å². The molecule has 2 rings (SSSR count). The number of methoxy groups -OCH3 is 1. The Morgan fingerprint density at radius 1 is 1.47 bits per heavy atom. The van der Waals surface area contributed by atoms with Crippen LogP contribution in [0, 0.1) is 5.82 Å². The molecule has 0 radical (unpaired) electrons. The van der Waals surface area contributed by atoms with Crippen LogP contribution in [-0.4, -0.2) is 16.9 Å². The Hall–Kier alpha value is -2.04. The van der Waals surface area contributed by atoms with E-state index in [9.17, 15) is 4.39 Å². The molecule has 1 aromatic carbocycles. The summed E-state index contributed by atoms with van der Waals surface area (Å²) in [4.78, 5) is 0. The molecule has 90 valence electrons. The van der Waals surface area contributed by atoms with Gasteiger partial charge >= 0.3 is 0 Å².